The molecular weight excluding hydrogens is 242 g/mol. The molecule has 1 rings (SSSR count). The van der Waals surface area contributed by atoms with Crippen LogP contribution in [-0.2, 0) is 0 Å². The van der Waals surface area contributed by atoms with Gasteiger partial charge in [0.1, 0.15) is 0 Å². The maximum absolute atomic E-state index is 6.32. The minimum atomic E-state index is 0.115. The van der Waals surface area contributed by atoms with Gasteiger partial charge < -0.3 is 5.73 Å². The van der Waals surface area contributed by atoms with Crippen LogP contribution in [0.4, 0.5) is 0 Å². The third kappa shape index (κ3) is 4.99. The van der Waals surface area contributed by atoms with Crippen LogP contribution in [0.15, 0.2) is 18.2 Å². The fourth-order valence-corrected chi connectivity index (χ4v) is 2.75. The summed E-state index contributed by atoms with van der Waals surface area (Å²) in [5, 5.41) is 0.794. The van der Waals surface area contributed by atoms with E-state index < -0.39 is 0 Å². The Labute approximate surface area is 117 Å². The molecule has 0 radical (unpaired) electrons. The second kappa shape index (κ2) is 7.81. The minimum Gasteiger partial charge on any atom is -0.324 e. The number of benzene rings is 1. The molecule has 0 aliphatic rings. The number of nitrogens with two attached hydrogens (primary N) is 1. The van der Waals surface area contributed by atoms with Gasteiger partial charge in [0.25, 0.3) is 0 Å². The normalized spacial score (nSPS) is 14.5. The molecular formula is C16H26ClN. The molecule has 0 aliphatic carbocycles. The number of hydrogen-bond acceptors (Lipinski definition) is 1. The van der Waals surface area contributed by atoms with Crippen molar-refractivity contribution >= 4 is 11.6 Å². The Morgan fingerprint density at radius 3 is 2.50 bits per heavy atom. The minimum absolute atomic E-state index is 0.115. The largest absolute Gasteiger partial charge is 0.324 e. The Morgan fingerprint density at radius 1 is 1.22 bits per heavy atom. The van der Waals surface area contributed by atoms with Crippen molar-refractivity contribution in [3.8, 4) is 0 Å². The molecule has 0 spiro atoms. The maximum Gasteiger partial charge on any atom is 0.0411 e. The highest BCUT2D eigenvalue weighted by atomic mass is 35.5. The topological polar surface area (TPSA) is 26.0 Å². The quantitative estimate of drug-likeness (QED) is 0.717. The molecule has 0 aliphatic heterocycles. The van der Waals surface area contributed by atoms with Gasteiger partial charge in [-0.3, -0.25) is 0 Å². The van der Waals surface area contributed by atoms with Crippen molar-refractivity contribution in [1.29, 1.82) is 0 Å². The average molecular weight is 268 g/mol. The van der Waals surface area contributed by atoms with Crippen LogP contribution in [0.5, 0.6) is 0 Å². The lowest BCUT2D eigenvalue weighted by Gasteiger charge is -2.20. The van der Waals surface area contributed by atoms with Gasteiger partial charge in [-0.05, 0) is 42.5 Å². The molecule has 1 aromatic rings. The Kier molecular flexibility index (Phi) is 6.73. The fourth-order valence-electron chi connectivity index (χ4n) is 2.46. The van der Waals surface area contributed by atoms with Gasteiger partial charge in [-0.15, -0.1) is 0 Å². The van der Waals surface area contributed by atoms with E-state index in [1.54, 1.807) is 0 Å². The molecule has 2 N–H and O–H groups in total. The molecule has 2 heteroatoms. The lowest BCUT2D eigenvalue weighted by atomic mass is 9.89. The van der Waals surface area contributed by atoms with Crippen molar-refractivity contribution < 1.29 is 0 Å². The summed E-state index contributed by atoms with van der Waals surface area (Å²) in [6.45, 7) is 6.57. The Hall–Kier alpha value is -0.530. The predicted octanol–water partition coefficient (Wildman–Crippen LogP) is 5.25. The van der Waals surface area contributed by atoms with Crippen molar-refractivity contribution in [3.05, 3.63) is 34.3 Å². The first-order valence-corrected chi connectivity index (χ1v) is 7.47. The highest BCUT2D eigenvalue weighted by Crippen LogP contribution is 2.27. The smallest absolute Gasteiger partial charge is 0.0411 e. The van der Waals surface area contributed by atoms with Crippen molar-refractivity contribution in [2.75, 3.05) is 0 Å². The van der Waals surface area contributed by atoms with E-state index in [0.29, 0.717) is 0 Å². The first-order valence-electron chi connectivity index (χ1n) is 7.09. The standard InChI is InChI=1S/C16H26ClN/c1-4-6-7-13(5-2)10-16(18)14-8-12(3)9-15(17)11-14/h8-9,11,13,16H,4-7,10,18H2,1-3H3. The summed E-state index contributed by atoms with van der Waals surface area (Å²) in [7, 11) is 0. The van der Waals surface area contributed by atoms with E-state index in [-0.39, 0.29) is 6.04 Å². The van der Waals surface area contributed by atoms with Gasteiger partial charge in [0.2, 0.25) is 0 Å². The van der Waals surface area contributed by atoms with Crippen molar-refractivity contribution in [2.45, 2.75) is 58.9 Å². The van der Waals surface area contributed by atoms with Crippen LogP contribution in [0.2, 0.25) is 5.02 Å². The molecule has 1 aromatic carbocycles. The molecule has 0 fully saturated rings. The summed E-state index contributed by atoms with van der Waals surface area (Å²) in [6, 6.07) is 6.25. The molecule has 2 unspecified atom stereocenters. The number of aryl methyl sites for hydroxylation is 1. The van der Waals surface area contributed by atoms with Crippen LogP contribution in [0, 0.1) is 12.8 Å². The molecule has 1 nitrogen and oxygen atoms in total. The molecule has 0 heterocycles. The Morgan fingerprint density at radius 2 is 1.94 bits per heavy atom. The van der Waals surface area contributed by atoms with E-state index in [1.165, 1.54) is 36.8 Å². The van der Waals surface area contributed by atoms with Gasteiger partial charge in [0.05, 0.1) is 0 Å². The molecule has 102 valence electrons. The van der Waals surface area contributed by atoms with E-state index in [9.17, 15) is 0 Å². The van der Waals surface area contributed by atoms with Crippen LogP contribution in [-0.4, -0.2) is 0 Å². The van der Waals surface area contributed by atoms with Gasteiger partial charge >= 0.3 is 0 Å². The van der Waals surface area contributed by atoms with Gasteiger partial charge in [-0.25, -0.2) is 0 Å². The van der Waals surface area contributed by atoms with E-state index >= 15 is 0 Å². The van der Waals surface area contributed by atoms with Gasteiger partial charge in [0.15, 0.2) is 0 Å². The van der Waals surface area contributed by atoms with E-state index in [4.69, 9.17) is 17.3 Å². The zero-order valence-corrected chi connectivity index (χ0v) is 12.6. The zero-order chi connectivity index (χ0) is 13.5. The Balaban J connectivity index is 2.65. The monoisotopic (exact) mass is 267 g/mol. The van der Waals surface area contributed by atoms with Crippen molar-refractivity contribution in [2.24, 2.45) is 11.7 Å². The van der Waals surface area contributed by atoms with Crippen LogP contribution in [0.3, 0.4) is 0 Å². The van der Waals surface area contributed by atoms with E-state index in [1.807, 2.05) is 12.1 Å². The zero-order valence-electron chi connectivity index (χ0n) is 11.9. The lowest BCUT2D eigenvalue weighted by Crippen LogP contribution is -2.15. The van der Waals surface area contributed by atoms with Crippen LogP contribution < -0.4 is 5.73 Å². The summed E-state index contributed by atoms with van der Waals surface area (Å²) in [6.07, 6.45) is 6.14. The van der Waals surface area contributed by atoms with Gasteiger partial charge in [-0.2, -0.15) is 0 Å². The highest BCUT2D eigenvalue weighted by molar-refractivity contribution is 6.30. The fraction of sp³-hybridized carbons (Fsp3) is 0.625. The second-order valence-corrected chi connectivity index (χ2v) is 5.76. The first-order chi connectivity index (χ1) is 8.56. The SMILES string of the molecule is CCCCC(CC)CC(N)c1cc(C)cc(Cl)c1. The Bertz CT molecular complexity index is 342. The van der Waals surface area contributed by atoms with E-state index in [0.717, 1.165) is 17.4 Å². The number of unbranched alkanes of at least 4 members (excludes halogenated alkanes) is 1. The van der Waals surface area contributed by atoms with Crippen LogP contribution in [0.25, 0.3) is 0 Å². The molecule has 2 atom stereocenters. The molecule has 0 aromatic heterocycles. The third-order valence-corrected chi connectivity index (χ3v) is 3.84. The summed E-state index contributed by atoms with van der Waals surface area (Å²) in [5.74, 6) is 0.735. The summed E-state index contributed by atoms with van der Waals surface area (Å²) in [4.78, 5) is 0. The van der Waals surface area contributed by atoms with Crippen molar-refractivity contribution in [3.63, 3.8) is 0 Å². The second-order valence-electron chi connectivity index (χ2n) is 5.32. The molecule has 0 saturated carbocycles. The molecule has 0 amide bonds. The summed E-state index contributed by atoms with van der Waals surface area (Å²) < 4.78 is 0. The average Bonchev–Trinajstić information content (AvgIpc) is 2.32. The first kappa shape index (κ1) is 15.5. The van der Waals surface area contributed by atoms with Gasteiger partial charge in [-0.1, -0.05) is 57.2 Å². The summed E-state index contributed by atoms with van der Waals surface area (Å²) >= 11 is 6.09. The number of rotatable bonds is 7. The van der Waals surface area contributed by atoms with Crippen molar-refractivity contribution in [1.82, 2.24) is 0 Å². The molecule has 18 heavy (non-hydrogen) atoms. The van der Waals surface area contributed by atoms with E-state index in [2.05, 4.69) is 26.8 Å². The lowest BCUT2D eigenvalue weighted by molar-refractivity contribution is 0.388. The van der Waals surface area contributed by atoms with Gasteiger partial charge in [0, 0.05) is 11.1 Å². The highest BCUT2D eigenvalue weighted by Gasteiger charge is 2.14. The number of halogens is 1. The third-order valence-electron chi connectivity index (χ3n) is 3.62. The van der Waals surface area contributed by atoms with Crippen LogP contribution >= 0.6 is 11.6 Å². The maximum atomic E-state index is 6.32. The predicted molar refractivity (Wildman–Crippen MR) is 81.0 cm³/mol. The summed E-state index contributed by atoms with van der Waals surface area (Å²) in [5.41, 5.74) is 8.69. The van der Waals surface area contributed by atoms with Crippen LogP contribution in [0.1, 0.15) is 63.1 Å². The molecule has 0 bridgehead atoms. The number of hydrogen-bond donors (Lipinski definition) is 1. The molecule has 0 saturated heterocycles.